The summed E-state index contributed by atoms with van der Waals surface area (Å²) in [6.45, 7) is 3.92. The number of rotatable bonds is 6. The molecule has 1 saturated carbocycles. The van der Waals surface area contributed by atoms with E-state index in [2.05, 4.69) is 15.2 Å². The highest BCUT2D eigenvalue weighted by Crippen LogP contribution is 2.43. The Kier molecular flexibility index (Phi) is 4.90. The number of carbonyl (C=O) groups is 1. The SMILES string of the molecule is Cc1cnc(-n2ncc(C(=O)N(C)[C@H](C)c3ccon3)c2C2CC2)nc1-c1cccs1. The zero-order valence-corrected chi connectivity index (χ0v) is 18.3. The average molecular weight is 435 g/mol. The second-order valence-electron chi connectivity index (χ2n) is 7.82. The fraction of sp³-hybridized carbons (Fsp3) is 0.318. The smallest absolute Gasteiger partial charge is 0.257 e. The summed E-state index contributed by atoms with van der Waals surface area (Å²) >= 11 is 1.64. The highest BCUT2D eigenvalue weighted by atomic mass is 32.1. The lowest BCUT2D eigenvalue weighted by Crippen LogP contribution is -2.30. The lowest BCUT2D eigenvalue weighted by molar-refractivity contribution is 0.0736. The van der Waals surface area contributed by atoms with Crippen molar-refractivity contribution in [2.75, 3.05) is 7.05 Å². The minimum atomic E-state index is -0.220. The van der Waals surface area contributed by atoms with Crippen LogP contribution in [0.15, 0.2) is 46.8 Å². The molecule has 158 valence electrons. The summed E-state index contributed by atoms with van der Waals surface area (Å²) in [5, 5.41) is 10.5. The molecule has 0 spiro atoms. The van der Waals surface area contributed by atoms with E-state index in [1.165, 1.54) is 6.26 Å². The lowest BCUT2D eigenvalue weighted by Gasteiger charge is -2.23. The first-order chi connectivity index (χ1) is 15.0. The van der Waals surface area contributed by atoms with Crippen LogP contribution in [0.3, 0.4) is 0 Å². The van der Waals surface area contributed by atoms with E-state index < -0.39 is 0 Å². The lowest BCUT2D eigenvalue weighted by atomic mass is 10.1. The summed E-state index contributed by atoms with van der Waals surface area (Å²) in [6.07, 6.45) is 7.01. The van der Waals surface area contributed by atoms with Crippen molar-refractivity contribution in [2.45, 2.75) is 38.6 Å². The monoisotopic (exact) mass is 434 g/mol. The molecular formula is C22H22N6O2S. The third kappa shape index (κ3) is 3.54. The number of aryl methyl sites for hydroxylation is 1. The Morgan fingerprint density at radius 3 is 2.84 bits per heavy atom. The predicted octanol–water partition coefficient (Wildman–Crippen LogP) is 4.40. The number of aromatic nitrogens is 5. The molecule has 0 unspecified atom stereocenters. The van der Waals surface area contributed by atoms with Crippen molar-refractivity contribution in [1.82, 2.24) is 29.8 Å². The maximum absolute atomic E-state index is 13.4. The van der Waals surface area contributed by atoms with Gasteiger partial charge >= 0.3 is 0 Å². The molecule has 31 heavy (non-hydrogen) atoms. The first-order valence-electron chi connectivity index (χ1n) is 10.2. The fourth-order valence-corrected chi connectivity index (χ4v) is 4.41. The maximum atomic E-state index is 13.4. The summed E-state index contributed by atoms with van der Waals surface area (Å²) in [6, 6.07) is 5.60. The average Bonchev–Trinajstić information content (AvgIpc) is 3.23. The number of carbonyl (C=O) groups excluding carboxylic acids is 1. The van der Waals surface area contributed by atoms with Crippen LogP contribution in [-0.4, -0.2) is 42.8 Å². The molecule has 1 fully saturated rings. The Hall–Kier alpha value is -3.33. The zero-order valence-electron chi connectivity index (χ0n) is 17.5. The summed E-state index contributed by atoms with van der Waals surface area (Å²) < 4.78 is 6.67. The number of amides is 1. The molecule has 4 heterocycles. The number of thiophene rings is 1. The third-order valence-corrected chi connectivity index (χ3v) is 6.57. The van der Waals surface area contributed by atoms with E-state index in [0.717, 1.165) is 34.7 Å². The first kappa shape index (κ1) is 19.6. The second-order valence-corrected chi connectivity index (χ2v) is 8.77. The molecule has 0 bridgehead atoms. The molecule has 1 atom stereocenters. The molecule has 1 aliphatic carbocycles. The number of hydrogen-bond donors (Lipinski definition) is 0. The number of nitrogens with zero attached hydrogens (tertiary/aromatic N) is 6. The van der Waals surface area contributed by atoms with Gasteiger partial charge < -0.3 is 9.42 Å². The number of hydrogen-bond acceptors (Lipinski definition) is 7. The first-order valence-corrected chi connectivity index (χ1v) is 11.1. The van der Waals surface area contributed by atoms with Crippen LogP contribution >= 0.6 is 11.3 Å². The van der Waals surface area contributed by atoms with Crippen molar-refractivity contribution in [1.29, 1.82) is 0 Å². The topological polar surface area (TPSA) is 89.9 Å². The Morgan fingerprint density at radius 1 is 1.32 bits per heavy atom. The Balaban J connectivity index is 1.53. The van der Waals surface area contributed by atoms with Crippen molar-refractivity contribution in [3.05, 3.63) is 64.8 Å². The molecule has 0 N–H and O–H groups in total. The van der Waals surface area contributed by atoms with E-state index in [1.807, 2.05) is 37.6 Å². The Labute approximate surface area is 183 Å². The van der Waals surface area contributed by atoms with Crippen molar-refractivity contribution >= 4 is 17.2 Å². The van der Waals surface area contributed by atoms with Gasteiger partial charge in [0, 0.05) is 25.2 Å². The van der Waals surface area contributed by atoms with Gasteiger partial charge in [-0.1, -0.05) is 11.2 Å². The van der Waals surface area contributed by atoms with Gasteiger partial charge in [-0.2, -0.15) is 5.10 Å². The van der Waals surface area contributed by atoms with Crippen LogP contribution in [0.5, 0.6) is 0 Å². The van der Waals surface area contributed by atoms with E-state index in [0.29, 0.717) is 17.2 Å². The third-order valence-electron chi connectivity index (χ3n) is 5.69. The second kappa shape index (κ2) is 7.73. The fourth-order valence-electron chi connectivity index (χ4n) is 3.63. The molecule has 8 nitrogen and oxygen atoms in total. The summed E-state index contributed by atoms with van der Waals surface area (Å²) in [5.74, 6) is 0.670. The summed E-state index contributed by atoms with van der Waals surface area (Å²) in [5.41, 5.74) is 4.07. The zero-order chi connectivity index (χ0) is 21.5. The van der Waals surface area contributed by atoms with E-state index in [9.17, 15) is 4.79 Å². The normalized spacial score (nSPS) is 14.5. The molecule has 0 aliphatic heterocycles. The molecule has 0 aromatic carbocycles. The van der Waals surface area contributed by atoms with Crippen molar-refractivity contribution < 1.29 is 9.32 Å². The van der Waals surface area contributed by atoms with Crippen LogP contribution < -0.4 is 0 Å². The van der Waals surface area contributed by atoms with Crippen LogP contribution in [-0.2, 0) is 0 Å². The van der Waals surface area contributed by atoms with Gasteiger partial charge in [-0.3, -0.25) is 4.79 Å². The van der Waals surface area contributed by atoms with Gasteiger partial charge in [-0.05, 0) is 43.7 Å². The highest BCUT2D eigenvalue weighted by Gasteiger charge is 2.35. The standard InChI is InChI=1S/C22H22N6O2S/c1-13-11-23-22(25-19(13)18-5-4-10-31-18)28-20(15-6-7-15)16(12-24-28)21(29)27(3)14(2)17-8-9-30-26-17/h4-5,8-12,14-15H,6-7H2,1-3H3/t14-/m1/s1. The Bertz CT molecular complexity index is 1210. The Morgan fingerprint density at radius 2 is 2.16 bits per heavy atom. The minimum absolute atomic E-state index is 0.103. The molecule has 9 heteroatoms. The van der Waals surface area contributed by atoms with Gasteiger partial charge in [0.05, 0.1) is 34.1 Å². The van der Waals surface area contributed by atoms with Gasteiger partial charge in [-0.15, -0.1) is 11.3 Å². The van der Waals surface area contributed by atoms with E-state index in [4.69, 9.17) is 9.51 Å². The van der Waals surface area contributed by atoms with Crippen molar-refractivity contribution in [3.8, 4) is 16.5 Å². The molecule has 1 aliphatic rings. The van der Waals surface area contributed by atoms with E-state index in [1.54, 1.807) is 40.2 Å². The molecule has 1 amide bonds. The minimum Gasteiger partial charge on any atom is -0.364 e. The molecule has 4 aromatic rings. The van der Waals surface area contributed by atoms with Crippen LogP contribution in [0, 0.1) is 6.92 Å². The van der Waals surface area contributed by atoms with Gasteiger partial charge in [0.15, 0.2) is 0 Å². The van der Waals surface area contributed by atoms with E-state index in [-0.39, 0.29) is 17.9 Å². The molecule has 4 aromatic heterocycles. The van der Waals surface area contributed by atoms with Gasteiger partial charge in [0.2, 0.25) is 0 Å². The molecule has 0 radical (unpaired) electrons. The van der Waals surface area contributed by atoms with Crippen molar-refractivity contribution in [2.24, 2.45) is 0 Å². The van der Waals surface area contributed by atoms with Crippen molar-refractivity contribution in [3.63, 3.8) is 0 Å². The summed E-state index contributed by atoms with van der Waals surface area (Å²) in [4.78, 5) is 25.4. The van der Waals surface area contributed by atoms with Crippen LogP contribution in [0.1, 0.15) is 59.0 Å². The van der Waals surface area contributed by atoms with Gasteiger partial charge in [-0.25, -0.2) is 14.6 Å². The molecule has 5 rings (SSSR count). The predicted molar refractivity (Wildman–Crippen MR) is 116 cm³/mol. The van der Waals surface area contributed by atoms with Crippen LogP contribution in [0.4, 0.5) is 0 Å². The highest BCUT2D eigenvalue weighted by molar-refractivity contribution is 7.13. The van der Waals surface area contributed by atoms with E-state index >= 15 is 0 Å². The molecular weight excluding hydrogens is 412 g/mol. The maximum Gasteiger partial charge on any atom is 0.257 e. The quantitative estimate of drug-likeness (QED) is 0.447. The van der Waals surface area contributed by atoms with Gasteiger partial charge in [0.1, 0.15) is 12.0 Å². The van der Waals surface area contributed by atoms with Gasteiger partial charge in [0.25, 0.3) is 11.9 Å². The molecule has 0 saturated heterocycles. The van der Waals surface area contributed by atoms with Crippen LogP contribution in [0.25, 0.3) is 16.5 Å². The summed E-state index contributed by atoms with van der Waals surface area (Å²) in [7, 11) is 1.77. The largest absolute Gasteiger partial charge is 0.364 e. The van der Waals surface area contributed by atoms with Crippen LogP contribution in [0.2, 0.25) is 0 Å².